The second-order valence-electron chi connectivity index (χ2n) is 7.03. The highest BCUT2D eigenvalue weighted by molar-refractivity contribution is 5.42. The van der Waals surface area contributed by atoms with Crippen LogP contribution >= 0.6 is 0 Å². The van der Waals surface area contributed by atoms with Crippen molar-refractivity contribution in [1.82, 2.24) is 14.5 Å². The highest BCUT2D eigenvalue weighted by atomic mass is 19.1. The standard InChI is InChI=1S/C22H26FN3O/c1-17-12-19(13-18(2)22(17)27)14-26(10-5-9-25-11-8-24-16-25)15-20-6-3-4-7-21(20)23/h3-4,6-8,11-13,16,27H,5,9-10,14-15H2,1-2H3. The fourth-order valence-electron chi connectivity index (χ4n) is 3.37. The molecule has 0 radical (unpaired) electrons. The summed E-state index contributed by atoms with van der Waals surface area (Å²) in [6.45, 7) is 6.79. The van der Waals surface area contributed by atoms with E-state index in [-0.39, 0.29) is 5.82 Å². The van der Waals surface area contributed by atoms with E-state index in [9.17, 15) is 9.50 Å². The van der Waals surface area contributed by atoms with Crippen molar-refractivity contribution >= 4 is 0 Å². The van der Waals surface area contributed by atoms with Crippen molar-refractivity contribution in [3.8, 4) is 5.75 Å². The fraction of sp³-hybridized carbons (Fsp3) is 0.318. The SMILES string of the molecule is Cc1cc(CN(CCCn2ccnc2)Cc2ccccc2F)cc(C)c1O. The molecule has 0 fully saturated rings. The van der Waals surface area contributed by atoms with E-state index >= 15 is 0 Å². The Morgan fingerprint density at radius 1 is 1.11 bits per heavy atom. The average Bonchev–Trinajstić information content (AvgIpc) is 3.15. The number of benzene rings is 2. The van der Waals surface area contributed by atoms with Gasteiger partial charge in [-0.05, 0) is 43.0 Å². The van der Waals surface area contributed by atoms with Gasteiger partial charge in [0.1, 0.15) is 11.6 Å². The minimum atomic E-state index is -0.171. The first-order chi connectivity index (χ1) is 13.0. The summed E-state index contributed by atoms with van der Waals surface area (Å²) in [5.41, 5.74) is 3.57. The summed E-state index contributed by atoms with van der Waals surface area (Å²) in [6.07, 6.45) is 6.49. The highest BCUT2D eigenvalue weighted by Gasteiger charge is 2.12. The maximum absolute atomic E-state index is 14.1. The molecule has 0 aliphatic carbocycles. The number of hydrogen-bond acceptors (Lipinski definition) is 3. The molecule has 1 N–H and O–H groups in total. The van der Waals surface area contributed by atoms with Crippen molar-refractivity contribution < 1.29 is 9.50 Å². The van der Waals surface area contributed by atoms with Gasteiger partial charge in [0.15, 0.2) is 0 Å². The molecule has 4 nitrogen and oxygen atoms in total. The van der Waals surface area contributed by atoms with E-state index in [2.05, 4.69) is 14.5 Å². The molecule has 0 aliphatic heterocycles. The summed E-state index contributed by atoms with van der Waals surface area (Å²) in [5.74, 6) is 0.176. The number of halogens is 1. The molecule has 0 amide bonds. The van der Waals surface area contributed by atoms with Crippen LogP contribution in [0, 0.1) is 19.7 Å². The average molecular weight is 367 g/mol. The smallest absolute Gasteiger partial charge is 0.127 e. The van der Waals surface area contributed by atoms with Gasteiger partial charge in [-0.3, -0.25) is 4.90 Å². The number of imidazole rings is 1. The lowest BCUT2D eigenvalue weighted by molar-refractivity contribution is 0.245. The normalized spacial score (nSPS) is 11.3. The van der Waals surface area contributed by atoms with Crippen molar-refractivity contribution in [3.63, 3.8) is 0 Å². The first-order valence-electron chi connectivity index (χ1n) is 9.23. The van der Waals surface area contributed by atoms with E-state index in [4.69, 9.17) is 0 Å². The van der Waals surface area contributed by atoms with E-state index in [1.165, 1.54) is 6.07 Å². The predicted molar refractivity (Wildman–Crippen MR) is 105 cm³/mol. The molecule has 142 valence electrons. The Hall–Kier alpha value is -2.66. The molecule has 1 heterocycles. The first kappa shape index (κ1) is 19.1. The number of phenolic OH excluding ortho intramolecular Hbond substituents is 1. The molecule has 0 atom stereocenters. The van der Waals surface area contributed by atoms with Gasteiger partial charge in [0.05, 0.1) is 6.33 Å². The summed E-state index contributed by atoms with van der Waals surface area (Å²) < 4.78 is 16.2. The van der Waals surface area contributed by atoms with E-state index in [1.54, 1.807) is 12.3 Å². The summed E-state index contributed by atoms with van der Waals surface area (Å²) in [5, 5.41) is 10.0. The molecule has 0 bridgehead atoms. The first-order valence-corrected chi connectivity index (χ1v) is 9.23. The third-order valence-corrected chi connectivity index (χ3v) is 4.76. The molecule has 27 heavy (non-hydrogen) atoms. The van der Waals surface area contributed by atoms with Crippen LogP contribution in [0.25, 0.3) is 0 Å². The van der Waals surface area contributed by atoms with E-state index < -0.39 is 0 Å². The molecule has 0 aliphatic rings. The van der Waals surface area contributed by atoms with Gasteiger partial charge in [0.25, 0.3) is 0 Å². The third-order valence-electron chi connectivity index (χ3n) is 4.76. The molecule has 0 saturated heterocycles. The zero-order valence-electron chi connectivity index (χ0n) is 15.9. The predicted octanol–water partition coefficient (Wildman–Crippen LogP) is 4.44. The molecule has 2 aromatic carbocycles. The van der Waals surface area contributed by atoms with Crippen LogP contribution in [-0.4, -0.2) is 26.1 Å². The largest absolute Gasteiger partial charge is 0.507 e. The van der Waals surface area contributed by atoms with Crippen molar-refractivity contribution in [2.45, 2.75) is 39.9 Å². The monoisotopic (exact) mass is 367 g/mol. The van der Waals surface area contributed by atoms with Crippen LogP contribution in [-0.2, 0) is 19.6 Å². The van der Waals surface area contributed by atoms with Crippen LogP contribution in [0.2, 0.25) is 0 Å². The number of nitrogens with zero attached hydrogens (tertiary/aromatic N) is 3. The Bertz CT molecular complexity index is 854. The van der Waals surface area contributed by atoms with Crippen molar-refractivity contribution in [2.24, 2.45) is 0 Å². The molecule has 0 unspecified atom stereocenters. The molecule has 5 heteroatoms. The lowest BCUT2D eigenvalue weighted by Gasteiger charge is -2.23. The summed E-state index contributed by atoms with van der Waals surface area (Å²) >= 11 is 0. The molecule has 3 aromatic rings. The summed E-state index contributed by atoms with van der Waals surface area (Å²) in [7, 11) is 0. The Labute approximate surface area is 159 Å². The van der Waals surface area contributed by atoms with Gasteiger partial charge in [0, 0.05) is 44.1 Å². The van der Waals surface area contributed by atoms with Crippen molar-refractivity contribution in [3.05, 3.63) is 83.2 Å². The van der Waals surface area contributed by atoms with Crippen LogP contribution in [0.5, 0.6) is 5.75 Å². The second-order valence-corrected chi connectivity index (χ2v) is 7.03. The second kappa shape index (κ2) is 8.82. The number of rotatable bonds is 8. The zero-order valence-corrected chi connectivity index (χ0v) is 15.9. The van der Waals surface area contributed by atoms with Crippen LogP contribution in [0.3, 0.4) is 0 Å². The minimum absolute atomic E-state index is 0.171. The Kier molecular flexibility index (Phi) is 6.24. The van der Waals surface area contributed by atoms with Gasteiger partial charge < -0.3 is 9.67 Å². The number of aromatic nitrogens is 2. The summed E-state index contributed by atoms with van der Waals surface area (Å²) in [4.78, 5) is 6.32. The quantitative estimate of drug-likeness (QED) is 0.640. The lowest BCUT2D eigenvalue weighted by Crippen LogP contribution is -2.25. The maximum Gasteiger partial charge on any atom is 0.127 e. The number of aryl methyl sites for hydroxylation is 3. The molecule has 1 aromatic heterocycles. The molecular weight excluding hydrogens is 341 g/mol. The zero-order chi connectivity index (χ0) is 19.2. The van der Waals surface area contributed by atoms with E-state index in [1.807, 2.05) is 50.6 Å². The van der Waals surface area contributed by atoms with Gasteiger partial charge in [-0.15, -0.1) is 0 Å². The van der Waals surface area contributed by atoms with Crippen molar-refractivity contribution in [1.29, 1.82) is 0 Å². The van der Waals surface area contributed by atoms with Gasteiger partial charge in [-0.2, -0.15) is 0 Å². The molecule has 0 saturated carbocycles. The van der Waals surface area contributed by atoms with Gasteiger partial charge >= 0.3 is 0 Å². The van der Waals surface area contributed by atoms with Gasteiger partial charge in [-0.25, -0.2) is 9.37 Å². The fourth-order valence-corrected chi connectivity index (χ4v) is 3.37. The van der Waals surface area contributed by atoms with Gasteiger partial charge in [-0.1, -0.05) is 30.3 Å². The Balaban J connectivity index is 1.73. The third kappa shape index (κ3) is 5.17. The Morgan fingerprint density at radius 3 is 2.52 bits per heavy atom. The highest BCUT2D eigenvalue weighted by Crippen LogP contribution is 2.24. The maximum atomic E-state index is 14.1. The van der Waals surface area contributed by atoms with E-state index in [0.29, 0.717) is 24.4 Å². The summed E-state index contributed by atoms with van der Waals surface area (Å²) in [6, 6.07) is 10.9. The van der Waals surface area contributed by atoms with Crippen LogP contribution < -0.4 is 0 Å². The van der Waals surface area contributed by atoms with E-state index in [0.717, 1.165) is 36.2 Å². The van der Waals surface area contributed by atoms with Crippen LogP contribution in [0.15, 0.2) is 55.1 Å². The van der Waals surface area contributed by atoms with Crippen LogP contribution in [0.4, 0.5) is 4.39 Å². The number of hydrogen-bond donors (Lipinski definition) is 1. The minimum Gasteiger partial charge on any atom is -0.507 e. The lowest BCUT2D eigenvalue weighted by atomic mass is 10.0. The van der Waals surface area contributed by atoms with Crippen LogP contribution in [0.1, 0.15) is 28.7 Å². The molecule has 3 rings (SSSR count). The van der Waals surface area contributed by atoms with Crippen molar-refractivity contribution in [2.75, 3.05) is 6.54 Å². The number of aromatic hydroxyl groups is 1. The topological polar surface area (TPSA) is 41.3 Å². The Morgan fingerprint density at radius 2 is 1.85 bits per heavy atom. The molecule has 0 spiro atoms. The number of phenols is 1. The van der Waals surface area contributed by atoms with Gasteiger partial charge in [0.2, 0.25) is 0 Å². The molecular formula is C22H26FN3O.